The van der Waals surface area contributed by atoms with E-state index >= 15 is 0 Å². The zero-order chi connectivity index (χ0) is 10.6. The van der Waals surface area contributed by atoms with Gasteiger partial charge in [-0.2, -0.15) is 0 Å². The third-order valence-electron chi connectivity index (χ3n) is 2.16. The largest absolute Gasteiger partial charge is 0.330 e. The number of thioether (sulfide) groups is 1. The van der Waals surface area contributed by atoms with Crippen LogP contribution in [0, 0.1) is 6.92 Å². The Morgan fingerprint density at radius 2 is 1.79 bits per heavy atom. The van der Waals surface area contributed by atoms with Crippen molar-refractivity contribution in [2.45, 2.75) is 36.8 Å². The molecule has 2 N–H and O–H groups in total. The summed E-state index contributed by atoms with van der Waals surface area (Å²) in [6.45, 7) is 7.35. The number of aryl methyl sites for hydroxylation is 1. The summed E-state index contributed by atoms with van der Waals surface area (Å²) in [4.78, 5) is 1.33. The summed E-state index contributed by atoms with van der Waals surface area (Å²) in [5.74, 6) is 0. The molecule has 0 aromatic heterocycles. The first-order chi connectivity index (χ1) is 6.53. The Hall–Kier alpha value is -0.470. The van der Waals surface area contributed by atoms with Gasteiger partial charge >= 0.3 is 0 Å². The van der Waals surface area contributed by atoms with Crippen LogP contribution in [0.2, 0.25) is 0 Å². The van der Waals surface area contributed by atoms with Gasteiger partial charge in [0.2, 0.25) is 0 Å². The summed E-state index contributed by atoms with van der Waals surface area (Å²) < 4.78 is 0.240. The monoisotopic (exact) mass is 209 g/mol. The topological polar surface area (TPSA) is 26.0 Å². The first-order valence-electron chi connectivity index (χ1n) is 4.99. The fraction of sp³-hybridized carbons (Fsp3) is 0.500. The molecule has 1 rings (SSSR count). The van der Waals surface area contributed by atoms with E-state index in [0.717, 1.165) is 13.0 Å². The SMILES string of the molecule is Cc1ccc(SC(C)(C)CCN)cc1. The van der Waals surface area contributed by atoms with Gasteiger partial charge in [0.05, 0.1) is 0 Å². The van der Waals surface area contributed by atoms with Gasteiger partial charge in [0.15, 0.2) is 0 Å². The summed E-state index contributed by atoms with van der Waals surface area (Å²) in [6, 6.07) is 8.66. The van der Waals surface area contributed by atoms with Crippen LogP contribution < -0.4 is 5.73 Å². The second-order valence-electron chi connectivity index (χ2n) is 4.21. The second-order valence-corrected chi connectivity index (χ2v) is 5.99. The predicted octanol–water partition coefficient (Wildman–Crippen LogP) is 3.21. The Bertz CT molecular complexity index is 277. The lowest BCUT2D eigenvalue weighted by molar-refractivity contribution is 0.649. The number of rotatable bonds is 4. The van der Waals surface area contributed by atoms with E-state index in [-0.39, 0.29) is 4.75 Å². The Morgan fingerprint density at radius 1 is 1.21 bits per heavy atom. The van der Waals surface area contributed by atoms with Gasteiger partial charge in [-0.05, 0) is 32.0 Å². The summed E-state index contributed by atoms with van der Waals surface area (Å²) in [5.41, 5.74) is 6.89. The van der Waals surface area contributed by atoms with Crippen molar-refractivity contribution in [1.82, 2.24) is 0 Å². The van der Waals surface area contributed by atoms with Gasteiger partial charge in [-0.3, -0.25) is 0 Å². The number of hydrogen-bond acceptors (Lipinski definition) is 2. The van der Waals surface area contributed by atoms with Gasteiger partial charge in [-0.15, -0.1) is 11.8 Å². The summed E-state index contributed by atoms with van der Waals surface area (Å²) >= 11 is 1.90. The van der Waals surface area contributed by atoms with Gasteiger partial charge in [0, 0.05) is 9.64 Å². The molecule has 0 radical (unpaired) electrons. The lowest BCUT2D eigenvalue weighted by Gasteiger charge is -2.23. The molecule has 78 valence electrons. The van der Waals surface area contributed by atoms with Crippen LogP contribution in [0.25, 0.3) is 0 Å². The highest BCUT2D eigenvalue weighted by atomic mass is 32.2. The van der Waals surface area contributed by atoms with Gasteiger partial charge in [-0.1, -0.05) is 31.5 Å². The van der Waals surface area contributed by atoms with Crippen molar-refractivity contribution in [3.05, 3.63) is 29.8 Å². The fourth-order valence-electron chi connectivity index (χ4n) is 1.32. The third-order valence-corrected chi connectivity index (χ3v) is 3.43. The molecule has 0 aliphatic carbocycles. The molecular formula is C12H19NS. The van der Waals surface area contributed by atoms with E-state index < -0.39 is 0 Å². The molecule has 1 aromatic rings. The molecule has 0 amide bonds. The Kier molecular flexibility index (Phi) is 4.02. The average Bonchev–Trinajstić information content (AvgIpc) is 2.08. The summed E-state index contributed by atoms with van der Waals surface area (Å²) in [5, 5.41) is 0. The molecule has 0 saturated heterocycles. The molecule has 0 bridgehead atoms. The molecule has 1 aromatic carbocycles. The molecule has 0 atom stereocenters. The van der Waals surface area contributed by atoms with Crippen molar-refractivity contribution in [2.75, 3.05) is 6.54 Å². The minimum atomic E-state index is 0.240. The number of hydrogen-bond donors (Lipinski definition) is 1. The van der Waals surface area contributed by atoms with Crippen LogP contribution in [0.3, 0.4) is 0 Å². The van der Waals surface area contributed by atoms with E-state index in [2.05, 4.69) is 45.0 Å². The molecule has 0 spiro atoms. The molecule has 0 saturated carbocycles. The highest BCUT2D eigenvalue weighted by Crippen LogP contribution is 2.34. The van der Waals surface area contributed by atoms with Crippen LogP contribution in [-0.4, -0.2) is 11.3 Å². The van der Waals surface area contributed by atoms with E-state index in [9.17, 15) is 0 Å². The molecular weight excluding hydrogens is 190 g/mol. The van der Waals surface area contributed by atoms with Crippen LogP contribution >= 0.6 is 11.8 Å². The molecule has 0 aliphatic heterocycles. The molecule has 2 heteroatoms. The van der Waals surface area contributed by atoms with Gasteiger partial charge in [0.25, 0.3) is 0 Å². The molecule has 14 heavy (non-hydrogen) atoms. The van der Waals surface area contributed by atoms with Crippen LogP contribution in [-0.2, 0) is 0 Å². The zero-order valence-corrected chi connectivity index (χ0v) is 10.0. The van der Waals surface area contributed by atoms with Crippen molar-refractivity contribution in [3.63, 3.8) is 0 Å². The molecule has 1 nitrogen and oxygen atoms in total. The molecule has 0 aliphatic rings. The minimum Gasteiger partial charge on any atom is -0.330 e. The van der Waals surface area contributed by atoms with E-state index in [1.165, 1.54) is 10.5 Å². The normalized spacial score (nSPS) is 11.7. The van der Waals surface area contributed by atoms with Crippen molar-refractivity contribution < 1.29 is 0 Å². The highest BCUT2D eigenvalue weighted by molar-refractivity contribution is 8.00. The average molecular weight is 209 g/mol. The fourth-order valence-corrected chi connectivity index (χ4v) is 2.45. The molecule has 0 fully saturated rings. The number of nitrogens with two attached hydrogens (primary N) is 1. The van der Waals surface area contributed by atoms with E-state index in [0.29, 0.717) is 0 Å². The maximum Gasteiger partial charge on any atom is 0.0162 e. The van der Waals surface area contributed by atoms with Crippen molar-refractivity contribution in [1.29, 1.82) is 0 Å². The van der Waals surface area contributed by atoms with E-state index in [4.69, 9.17) is 5.73 Å². The smallest absolute Gasteiger partial charge is 0.0162 e. The first kappa shape index (κ1) is 11.6. The second kappa shape index (κ2) is 4.85. The Labute approximate surface area is 91.1 Å². The van der Waals surface area contributed by atoms with Crippen molar-refractivity contribution >= 4 is 11.8 Å². The van der Waals surface area contributed by atoms with Gasteiger partial charge in [-0.25, -0.2) is 0 Å². The van der Waals surface area contributed by atoms with Gasteiger partial charge in [0.1, 0.15) is 0 Å². The van der Waals surface area contributed by atoms with Crippen LogP contribution in [0.1, 0.15) is 25.8 Å². The zero-order valence-electron chi connectivity index (χ0n) is 9.21. The quantitative estimate of drug-likeness (QED) is 0.771. The molecule has 0 unspecified atom stereocenters. The highest BCUT2D eigenvalue weighted by Gasteiger charge is 2.17. The standard InChI is InChI=1S/C12H19NS/c1-10-4-6-11(7-5-10)14-12(2,3)8-9-13/h4-7H,8-9,13H2,1-3H3. The van der Waals surface area contributed by atoms with Crippen molar-refractivity contribution in [2.24, 2.45) is 5.73 Å². The van der Waals surface area contributed by atoms with Crippen molar-refractivity contribution in [3.8, 4) is 0 Å². The van der Waals surface area contributed by atoms with Gasteiger partial charge < -0.3 is 5.73 Å². The summed E-state index contributed by atoms with van der Waals surface area (Å²) in [7, 11) is 0. The first-order valence-corrected chi connectivity index (χ1v) is 5.81. The Morgan fingerprint density at radius 3 is 2.29 bits per heavy atom. The van der Waals surface area contributed by atoms with Crippen LogP contribution in [0.15, 0.2) is 29.2 Å². The minimum absolute atomic E-state index is 0.240. The van der Waals surface area contributed by atoms with Crippen LogP contribution in [0.4, 0.5) is 0 Å². The summed E-state index contributed by atoms with van der Waals surface area (Å²) in [6.07, 6.45) is 1.05. The molecule has 0 heterocycles. The lowest BCUT2D eigenvalue weighted by Crippen LogP contribution is -2.19. The van der Waals surface area contributed by atoms with Crippen LogP contribution in [0.5, 0.6) is 0 Å². The Balaban J connectivity index is 2.64. The third kappa shape index (κ3) is 3.72. The lowest BCUT2D eigenvalue weighted by atomic mass is 10.1. The number of benzene rings is 1. The maximum absolute atomic E-state index is 5.58. The predicted molar refractivity (Wildman–Crippen MR) is 64.8 cm³/mol. The van der Waals surface area contributed by atoms with E-state index in [1.807, 2.05) is 11.8 Å². The maximum atomic E-state index is 5.58. The van der Waals surface area contributed by atoms with E-state index in [1.54, 1.807) is 0 Å².